The molecule has 0 aromatic heterocycles. The van der Waals surface area contributed by atoms with Crippen LogP contribution in [0.15, 0.2) is 23.9 Å². The number of halogens is 1. The maximum atomic E-state index is 13.9. The average Bonchev–Trinajstić information content (AvgIpc) is 2.22. The van der Waals surface area contributed by atoms with Crippen molar-refractivity contribution < 1.29 is 9.18 Å². The zero-order valence-electron chi connectivity index (χ0n) is 10.6. The fourth-order valence-electron chi connectivity index (χ4n) is 2.40. The van der Waals surface area contributed by atoms with E-state index in [-0.39, 0.29) is 5.56 Å². The maximum absolute atomic E-state index is 13.9. The van der Waals surface area contributed by atoms with Crippen LogP contribution in [0.3, 0.4) is 0 Å². The first-order chi connectivity index (χ1) is 9.16. The molecule has 5 heteroatoms. The van der Waals surface area contributed by atoms with Crippen LogP contribution >= 0.6 is 0 Å². The number of nitrogens with one attached hydrogen (secondary N) is 1. The fraction of sp³-hybridized carbons (Fsp3) is 0.357. The van der Waals surface area contributed by atoms with Crippen molar-refractivity contribution in [3.05, 3.63) is 40.8 Å². The van der Waals surface area contributed by atoms with Crippen LogP contribution < -0.4 is 11.1 Å². The highest BCUT2D eigenvalue weighted by molar-refractivity contribution is 5.93. The summed E-state index contributed by atoms with van der Waals surface area (Å²) in [7, 11) is 0. The van der Waals surface area contributed by atoms with Crippen LogP contribution in [0, 0.1) is 5.82 Å². The van der Waals surface area contributed by atoms with Crippen LogP contribution in [-0.2, 0) is 0 Å². The van der Waals surface area contributed by atoms with Gasteiger partial charge in [-0.1, -0.05) is 6.07 Å². The summed E-state index contributed by atoms with van der Waals surface area (Å²) in [5, 5.41) is 3.27. The number of likely N-dealkylation sites (tertiary alicyclic amines) is 1. The van der Waals surface area contributed by atoms with Gasteiger partial charge in [0.1, 0.15) is 5.82 Å². The van der Waals surface area contributed by atoms with Crippen molar-refractivity contribution in [2.75, 3.05) is 19.6 Å². The molecule has 0 radical (unpaired) electrons. The molecule has 1 aromatic carbocycles. The molecule has 0 atom stereocenters. The minimum absolute atomic E-state index is 0.0571. The van der Waals surface area contributed by atoms with Gasteiger partial charge in [0.2, 0.25) is 0 Å². The lowest BCUT2D eigenvalue weighted by atomic mass is 9.99. The number of rotatable bonds is 3. The number of carbonyl (C=O) groups excluding carboxylic acids is 1. The molecule has 2 aliphatic rings. The van der Waals surface area contributed by atoms with E-state index in [1.54, 1.807) is 6.07 Å². The Morgan fingerprint density at radius 1 is 1.37 bits per heavy atom. The van der Waals surface area contributed by atoms with Gasteiger partial charge >= 0.3 is 0 Å². The maximum Gasteiger partial charge on any atom is 0.251 e. The highest BCUT2D eigenvalue weighted by atomic mass is 19.1. The lowest BCUT2D eigenvalue weighted by Crippen LogP contribution is -2.40. The number of primary amides is 1. The van der Waals surface area contributed by atoms with Gasteiger partial charge in [0, 0.05) is 37.3 Å². The Morgan fingerprint density at radius 2 is 2.11 bits per heavy atom. The minimum atomic E-state index is -0.732. The summed E-state index contributed by atoms with van der Waals surface area (Å²) in [4.78, 5) is 13.3. The lowest BCUT2D eigenvalue weighted by molar-refractivity contribution is 0.0996. The van der Waals surface area contributed by atoms with Gasteiger partial charge in [-0.05, 0) is 18.6 Å². The third kappa shape index (κ3) is 2.05. The van der Waals surface area contributed by atoms with Crippen LogP contribution in [0.25, 0.3) is 5.70 Å². The first-order valence-corrected chi connectivity index (χ1v) is 6.48. The number of hydrogen-bond donors (Lipinski definition) is 2. The molecule has 3 rings (SSSR count). The molecule has 100 valence electrons. The predicted octanol–water partition coefficient (Wildman–Crippen LogP) is 1.29. The summed E-state index contributed by atoms with van der Waals surface area (Å²) in [6.07, 6.45) is 2.16. The van der Waals surface area contributed by atoms with E-state index in [4.69, 9.17) is 5.73 Å². The Bertz CT molecular complexity index is 558. The molecule has 2 saturated heterocycles. The van der Waals surface area contributed by atoms with Gasteiger partial charge in [-0.15, -0.1) is 0 Å². The molecule has 1 amide bonds. The first-order valence-electron chi connectivity index (χ1n) is 6.48. The van der Waals surface area contributed by atoms with Gasteiger partial charge in [0.05, 0.1) is 11.3 Å². The topological polar surface area (TPSA) is 58.4 Å². The first kappa shape index (κ1) is 12.0. The number of benzene rings is 1. The Hall–Kier alpha value is -2.04. The van der Waals surface area contributed by atoms with E-state index in [0.717, 1.165) is 43.0 Å². The highest BCUT2D eigenvalue weighted by Gasteiger charge is 2.25. The predicted molar refractivity (Wildman–Crippen MR) is 70.6 cm³/mol. The molecule has 2 aliphatic heterocycles. The molecule has 19 heavy (non-hydrogen) atoms. The third-order valence-electron chi connectivity index (χ3n) is 3.68. The quantitative estimate of drug-likeness (QED) is 0.862. The van der Waals surface area contributed by atoms with Gasteiger partial charge < -0.3 is 16.0 Å². The number of nitrogens with zero attached hydrogens (tertiary/aromatic N) is 1. The zero-order valence-corrected chi connectivity index (χ0v) is 10.6. The Labute approximate surface area is 111 Å². The second-order valence-corrected chi connectivity index (χ2v) is 4.90. The summed E-state index contributed by atoms with van der Waals surface area (Å²) < 4.78 is 13.9. The van der Waals surface area contributed by atoms with Gasteiger partial charge in [-0.2, -0.15) is 0 Å². The molecule has 4 nitrogen and oxygen atoms in total. The van der Waals surface area contributed by atoms with Crippen LogP contribution in [0.4, 0.5) is 4.39 Å². The molecule has 0 bridgehead atoms. The summed E-state index contributed by atoms with van der Waals surface area (Å²) in [6, 6.07) is 4.64. The third-order valence-corrected chi connectivity index (χ3v) is 3.68. The normalized spacial score (nSPS) is 20.2. The van der Waals surface area contributed by atoms with Crippen molar-refractivity contribution in [2.45, 2.75) is 12.8 Å². The molecule has 2 heterocycles. The average molecular weight is 261 g/mol. The van der Waals surface area contributed by atoms with Gasteiger partial charge in [-0.3, -0.25) is 4.79 Å². The van der Waals surface area contributed by atoms with Crippen molar-refractivity contribution in [1.82, 2.24) is 10.2 Å². The number of carbonyl (C=O) groups is 1. The number of nitrogens with two attached hydrogens (primary N) is 1. The SMILES string of the molecule is NC(=O)c1ccc(C(=C2CCN2)N2CCC2)cc1F. The van der Waals surface area contributed by atoms with E-state index in [2.05, 4.69) is 10.2 Å². The smallest absolute Gasteiger partial charge is 0.251 e. The Balaban J connectivity index is 1.99. The number of amides is 1. The van der Waals surface area contributed by atoms with E-state index < -0.39 is 11.7 Å². The molecule has 1 aromatic rings. The summed E-state index contributed by atoms with van der Waals surface area (Å²) in [5.74, 6) is -1.29. The molecule has 3 N–H and O–H groups in total. The molecule has 2 fully saturated rings. The molecule has 0 aliphatic carbocycles. The van der Waals surface area contributed by atoms with Crippen LogP contribution in [0.1, 0.15) is 28.8 Å². The Kier molecular flexibility index (Phi) is 2.89. The Morgan fingerprint density at radius 3 is 2.53 bits per heavy atom. The van der Waals surface area contributed by atoms with E-state index in [1.165, 1.54) is 18.6 Å². The number of hydrogen-bond acceptors (Lipinski definition) is 3. The van der Waals surface area contributed by atoms with Crippen LogP contribution in [-0.4, -0.2) is 30.4 Å². The lowest BCUT2D eigenvalue weighted by Gasteiger charge is -2.39. The molecular weight excluding hydrogens is 245 g/mol. The van der Waals surface area contributed by atoms with Crippen molar-refractivity contribution in [3.8, 4) is 0 Å². The van der Waals surface area contributed by atoms with Crippen molar-refractivity contribution >= 4 is 11.6 Å². The van der Waals surface area contributed by atoms with Crippen molar-refractivity contribution in [2.24, 2.45) is 5.73 Å². The monoisotopic (exact) mass is 261 g/mol. The van der Waals surface area contributed by atoms with E-state index >= 15 is 0 Å². The van der Waals surface area contributed by atoms with E-state index in [0.29, 0.717) is 0 Å². The second kappa shape index (κ2) is 4.57. The minimum Gasteiger partial charge on any atom is -0.386 e. The second-order valence-electron chi connectivity index (χ2n) is 4.90. The van der Waals surface area contributed by atoms with Gasteiger partial charge in [-0.25, -0.2) is 4.39 Å². The van der Waals surface area contributed by atoms with Gasteiger partial charge in [0.15, 0.2) is 0 Å². The molecule has 0 saturated carbocycles. The summed E-state index contributed by atoms with van der Waals surface area (Å²) in [6.45, 7) is 2.97. The highest BCUT2D eigenvalue weighted by Crippen LogP contribution is 2.31. The van der Waals surface area contributed by atoms with Crippen molar-refractivity contribution in [1.29, 1.82) is 0 Å². The summed E-state index contributed by atoms with van der Waals surface area (Å²) >= 11 is 0. The van der Waals surface area contributed by atoms with E-state index in [9.17, 15) is 9.18 Å². The molecule has 0 unspecified atom stereocenters. The summed E-state index contributed by atoms with van der Waals surface area (Å²) in [5.41, 5.74) is 8.09. The molecule has 0 spiro atoms. The van der Waals surface area contributed by atoms with Crippen LogP contribution in [0.5, 0.6) is 0 Å². The van der Waals surface area contributed by atoms with E-state index in [1.807, 2.05) is 0 Å². The van der Waals surface area contributed by atoms with Gasteiger partial charge in [0.25, 0.3) is 5.91 Å². The standard InChI is InChI=1S/C14H16FN3O/c15-11-8-9(2-3-10(11)14(16)19)13(12-4-5-17-12)18-6-1-7-18/h2-3,8,17H,1,4-7H2,(H2,16,19). The fourth-order valence-corrected chi connectivity index (χ4v) is 2.40. The van der Waals surface area contributed by atoms with Crippen molar-refractivity contribution in [3.63, 3.8) is 0 Å². The largest absolute Gasteiger partial charge is 0.386 e. The van der Waals surface area contributed by atoms with Crippen LogP contribution in [0.2, 0.25) is 0 Å². The zero-order chi connectivity index (χ0) is 13.4. The molecular formula is C14H16FN3O.